The highest BCUT2D eigenvalue weighted by Gasteiger charge is 2.10. The van der Waals surface area contributed by atoms with Gasteiger partial charge in [-0.15, -0.1) is 0 Å². The lowest BCUT2D eigenvalue weighted by atomic mass is 10.0. The molecule has 0 unspecified atom stereocenters. The number of rotatable bonds is 3. The number of nitrogens with one attached hydrogen (secondary N) is 1. The molecule has 0 aliphatic carbocycles. The van der Waals surface area contributed by atoms with Crippen molar-refractivity contribution < 1.29 is 8.42 Å². The number of aromatic nitrogens is 1. The summed E-state index contributed by atoms with van der Waals surface area (Å²) in [7, 11) is -3.12. The summed E-state index contributed by atoms with van der Waals surface area (Å²) in [5, 5.41) is 0. The predicted octanol–water partition coefficient (Wildman–Crippen LogP) is 2.63. The molecule has 1 aromatic heterocycles. The van der Waals surface area contributed by atoms with Crippen LogP contribution in [-0.4, -0.2) is 19.7 Å². The number of aryl methyl sites for hydroxylation is 2. The third-order valence-electron chi connectivity index (χ3n) is 3.19. The molecule has 0 aliphatic heterocycles. The Morgan fingerprint density at radius 3 is 2.33 bits per heavy atom. The van der Waals surface area contributed by atoms with Gasteiger partial charge in [-0.05, 0) is 55.2 Å². The number of sulfone groups is 1. The van der Waals surface area contributed by atoms with Gasteiger partial charge in [-0.3, -0.25) is 0 Å². The van der Waals surface area contributed by atoms with Crippen molar-refractivity contribution in [3.63, 3.8) is 0 Å². The van der Waals surface area contributed by atoms with E-state index in [0.717, 1.165) is 23.2 Å². The average molecular weight is 263 g/mol. The van der Waals surface area contributed by atoms with Gasteiger partial charge in [0.1, 0.15) is 0 Å². The number of hydrogen-bond donors (Lipinski definition) is 1. The fraction of sp³-hybridized carbons (Fsp3) is 0.286. The Balaban J connectivity index is 2.34. The lowest BCUT2D eigenvalue weighted by Crippen LogP contribution is -2.00. The predicted molar refractivity (Wildman–Crippen MR) is 72.6 cm³/mol. The Kier molecular flexibility index (Phi) is 3.30. The van der Waals surface area contributed by atoms with Crippen LogP contribution in [0.3, 0.4) is 0 Å². The minimum absolute atomic E-state index is 0.384. The minimum Gasteiger partial charge on any atom is -0.365 e. The van der Waals surface area contributed by atoms with Crippen LogP contribution in [-0.2, 0) is 16.3 Å². The molecule has 3 nitrogen and oxygen atoms in total. The summed E-state index contributed by atoms with van der Waals surface area (Å²) in [6, 6.07) is 7.38. The van der Waals surface area contributed by atoms with Crippen LogP contribution in [0.15, 0.2) is 35.4 Å². The van der Waals surface area contributed by atoms with Gasteiger partial charge in [0.2, 0.25) is 0 Å². The quantitative estimate of drug-likeness (QED) is 0.925. The second kappa shape index (κ2) is 4.61. The molecular formula is C14H17NO2S. The fourth-order valence-corrected chi connectivity index (χ4v) is 2.69. The van der Waals surface area contributed by atoms with Crippen molar-refractivity contribution >= 4 is 9.84 Å². The topological polar surface area (TPSA) is 49.9 Å². The van der Waals surface area contributed by atoms with Gasteiger partial charge in [0.05, 0.1) is 4.90 Å². The highest BCUT2D eigenvalue weighted by atomic mass is 32.2. The van der Waals surface area contributed by atoms with Crippen molar-refractivity contribution in [1.82, 2.24) is 4.98 Å². The van der Waals surface area contributed by atoms with Crippen LogP contribution in [0.25, 0.3) is 0 Å². The second-order valence-corrected chi connectivity index (χ2v) is 6.68. The van der Waals surface area contributed by atoms with Crippen molar-refractivity contribution in [3.8, 4) is 0 Å². The van der Waals surface area contributed by atoms with Crippen LogP contribution < -0.4 is 0 Å². The summed E-state index contributed by atoms with van der Waals surface area (Å²) in [5.41, 5.74) is 4.57. The molecule has 0 fully saturated rings. The standard InChI is InChI=1S/C14H17NO2S/c1-10-8-14(18(3,16)17)5-4-12(10)9-13-6-7-15-11(13)2/h4-8,15H,9H2,1-3H3. The van der Waals surface area contributed by atoms with Gasteiger partial charge in [-0.1, -0.05) is 6.07 Å². The third-order valence-corrected chi connectivity index (χ3v) is 4.30. The van der Waals surface area contributed by atoms with E-state index >= 15 is 0 Å². The van der Waals surface area contributed by atoms with E-state index in [2.05, 4.69) is 11.1 Å². The Bertz CT molecular complexity index is 669. The molecule has 0 radical (unpaired) electrons. The Labute approximate surface area is 108 Å². The van der Waals surface area contributed by atoms with Crippen LogP contribution >= 0.6 is 0 Å². The van der Waals surface area contributed by atoms with Gasteiger partial charge in [-0.25, -0.2) is 8.42 Å². The molecule has 0 atom stereocenters. The van der Waals surface area contributed by atoms with Crippen LogP contribution in [0.1, 0.15) is 22.4 Å². The van der Waals surface area contributed by atoms with Gasteiger partial charge in [0.25, 0.3) is 0 Å². The highest BCUT2D eigenvalue weighted by molar-refractivity contribution is 7.90. The molecule has 0 amide bonds. The first-order valence-electron chi connectivity index (χ1n) is 5.80. The van der Waals surface area contributed by atoms with Gasteiger partial charge < -0.3 is 4.98 Å². The lowest BCUT2D eigenvalue weighted by molar-refractivity contribution is 0.602. The second-order valence-electron chi connectivity index (χ2n) is 4.67. The first-order valence-corrected chi connectivity index (χ1v) is 7.69. The molecule has 2 aromatic rings. The molecule has 4 heteroatoms. The summed E-state index contributed by atoms with van der Waals surface area (Å²) >= 11 is 0. The zero-order valence-electron chi connectivity index (χ0n) is 10.8. The summed E-state index contributed by atoms with van der Waals surface area (Å²) < 4.78 is 22.9. The zero-order chi connectivity index (χ0) is 13.3. The van der Waals surface area contributed by atoms with E-state index < -0.39 is 9.84 Å². The number of aromatic amines is 1. The largest absolute Gasteiger partial charge is 0.365 e. The number of H-pyrrole nitrogens is 1. The van der Waals surface area contributed by atoms with Crippen LogP contribution in [0.2, 0.25) is 0 Å². The molecule has 2 rings (SSSR count). The zero-order valence-corrected chi connectivity index (χ0v) is 11.6. The Morgan fingerprint density at radius 1 is 1.11 bits per heavy atom. The fourth-order valence-electron chi connectivity index (χ4n) is 1.98. The van der Waals surface area contributed by atoms with E-state index in [1.807, 2.05) is 26.1 Å². The normalized spacial score (nSPS) is 11.7. The average Bonchev–Trinajstić information content (AvgIpc) is 2.66. The maximum absolute atomic E-state index is 11.5. The molecule has 18 heavy (non-hydrogen) atoms. The van der Waals surface area contributed by atoms with E-state index in [4.69, 9.17) is 0 Å². The molecule has 0 saturated carbocycles. The monoisotopic (exact) mass is 263 g/mol. The first-order chi connectivity index (χ1) is 8.38. The van der Waals surface area contributed by atoms with Crippen LogP contribution in [0.5, 0.6) is 0 Å². The molecule has 0 spiro atoms. The smallest absolute Gasteiger partial charge is 0.175 e. The third kappa shape index (κ3) is 2.64. The number of benzene rings is 1. The molecule has 1 heterocycles. The maximum atomic E-state index is 11.5. The summed E-state index contributed by atoms with van der Waals surface area (Å²) in [6.07, 6.45) is 3.98. The highest BCUT2D eigenvalue weighted by Crippen LogP contribution is 2.19. The lowest BCUT2D eigenvalue weighted by Gasteiger charge is -2.07. The number of hydrogen-bond acceptors (Lipinski definition) is 2. The molecule has 0 bridgehead atoms. The van der Waals surface area contributed by atoms with E-state index in [0.29, 0.717) is 4.90 Å². The molecular weight excluding hydrogens is 246 g/mol. The van der Waals surface area contributed by atoms with Crippen LogP contribution in [0, 0.1) is 13.8 Å². The van der Waals surface area contributed by atoms with Crippen molar-refractivity contribution in [3.05, 3.63) is 52.8 Å². The van der Waals surface area contributed by atoms with Crippen molar-refractivity contribution in [1.29, 1.82) is 0 Å². The maximum Gasteiger partial charge on any atom is 0.175 e. The van der Waals surface area contributed by atoms with Gasteiger partial charge >= 0.3 is 0 Å². The van der Waals surface area contributed by atoms with Crippen molar-refractivity contribution in [2.24, 2.45) is 0 Å². The molecule has 0 aliphatic rings. The van der Waals surface area contributed by atoms with E-state index in [-0.39, 0.29) is 0 Å². The Morgan fingerprint density at radius 2 is 1.83 bits per heavy atom. The SMILES string of the molecule is Cc1cc(S(C)(=O)=O)ccc1Cc1cc[nH]c1C. The van der Waals surface area contributed by atoms with E-state index in [1.165, 1.54) is 11.8 Å². The molecule has 96 valence electrons. The summed E-state index contributed by atoms with van der Waals surface area (Å²) in [5.74, 6) is 0. The van der Waals surface area contributed by atoms with E-state index in [9.17, 15) is 8.42 Å². The molecule has 1 N–H and O–H groups in total. The van der Waals surface area contributed by atoms with Gasteiger partial charge in [0, 0.05) is 18.1 Å². The summed E-state index contributed by atoms with van der Waals surface area (Å²) in [4.78, 5) is 3.53. The van der Waals surface area contributed by atoms with Crippen molar-refractivity contribution in [2.45, 2.75) is 25.2 Å². The van der Waals surface area contributed by atoms with Crippen molar-refractivity contribution in [2.75, 3.05) is 6.26 Å². The van der Waals surface area contributed by atoms with E-state index in [1.54, 1.807) is 12.1 Å². The summed E-state index contributed by atoms with van der Waals surface area (Å²) in [6.45, 7) is 3.99. The van der Waals surface area contributed by atoms with Gasteiger partial charge in [-0.2, -0.15) is 0 Å². The molecule has 1 aromatic carbocycles. The minimum atomic E-state index is -3.12. The van der Waals surface area contributed by atoms with Crippen LogP contribution in [0.4, 0.5) is 0 Å². The molecule has 0 saturated heterocycles. The van der Waals surface area contributed by atoms with Gasteiger partial charge in [0.15, 0.2) is 9.84 Å². The first kappa shape index (κ1) is 12.9. The Hall–Kier alpha value is -1.55.